The van der Waals surface area contributed by atoms with Crippen LogP contribution in [-0.4, -0.2) is 51.2 Å². The van der Waals surface area contributed by atoms with Gasteiger partial charge in [-0.2, -0.15) is 4.31 Å². The van der Waals surface area contributed by atoms with Crippen LogP contribution in [0.15, 0.2) is 21.5 Å². The number of benzene rings is 1. The van der Waals surface area contributed by atoms with Crippen LogP contribution in [0.5, 0.6) is 0 Å². The molecular weight excluding hydrogens is 353 g/mol. The fourth-order valence-electron chi connectivity index (χ4n) is 1.33. The van der Waals surface area contributed by atoms with Crippen molar-refractivity contribution in [1.29, 1.82) is 0 Å². The second-order valence-electron chi connectivity index (χ2n) is 4.35. The first-order valence-corrected chi connectivity index (χ1v) is 7.71. The molecule has 9 heteroatoms. The Morgan fingerprint density at radius 1 is 1.35 bits per heavy atom. The number of sulfonamides is 1. The van der Waals surface area contributed by atoms with Crippen molar-refractivity contribution < 1.29 is 17.6 Å². The third kappa shape index (κ3) is 3.47. The van der Waals surface area contributed by atoms with Gasteiger partial charge in [0.15, 0.2) is 0 Å². The third-order valence-electron chi connectivity index (χ3n) is 2.60. The van der Waals surface area contributed by atoms with Crippen LogP contribution in [0.4, 0.5) is 10.1 Å². The zero-order valence-corrected chi connectivity index (χ0v) is 13.6. The van der Waals surface area contributed by atoms with Gasteiger partial charge in [0.1, 0.15) is 5.82 Å². The van der Waals surface area contributed by atoms with E-state index in [2.05, 4.69) is 15.9 Å². The van der Waals surface area contributed by atoms with Gasteiger partial charge in [0, 0.05) is 25.6 Å². The Bertz CT molecular complexity index is 634. The number of nitrogen functional groups attached to an aromatic ring is 1. The largest absolute Gasteiger partial charge is 0.396 e. The summed E-state index contributed by atoms with van der Waals surface area (Å²) >= 11 is 2.98. The van der Waals surface area contributed by atoms with Gasteiger partial charge in [-0.1, -0.05) is 0 Å². The Morgan fingerprint density at radius 3 is 2.40 bits per heavy atom. The molecule has 0 aliphatic rings. The molecule has 1 aromatic carbocycles. The van der Waals surface area contributed by atoms with E-state index in [-0.39, 0.29) is 27.5 Å². The van der Waals surface area contributed by atoms with Crippen molar-refractivity contribution in [3.05, 3.63) is 22.4 Å². The zero-order chi connectivity index (χ0) is 15.7. The van der Waals surface area contributed by atoms with E-state index < -0.39 is 15.8 Å². The minimum absolute atomic E-state index is 0.0494. The molecule has 0 aliphatic carbocycles. The fourth-order valence-corrected chi connectivity index (χ4v) is 3.45. The maximum Gasteiger partial charge on any atom is 0.244 e. The Labute approximate surface area is 125 Å². The van der Waals surface area contributed by atoms with Crippen molar-refractivity contribution in [3.63, 3.8) is 0 Å². The molecule has 6 nitrogen and oxygen atoms in total. The quantitative estimate of drug-likeness (QED) is 0.800. The predicted octanol–water partition coefficient (Wildman–Crippen LogP) is 0.879. The molecule has 0 atom stereocenters. The van der Waals surface area contributed by atoms with Crippen molar-refractivity contribution in [2.75, 3.05) is 33.4 Å². The van der Waals surface area contributed by atoms with Crippen LogP contribution in [0.2, 0.25) is 0 Å². The molecule has 112 valence electrons. The lowest BCUT2D eigenvalue weighted by Crippen LogP contribution is -2.37. The van der Waals surface area contributed by atoms with E-state index in [0.717, 1.165) is 16.4 Å². The van der Waals surface area contributed by atoms with Crippen molar-refractivity contribution in [2.45, 2.75) is 4.90 Å². The summed E-state index contributed by atoms with van der Waals surface area (Å²) in [5.74, 6) is -1.09. The van der Waals surface area contributed by atoms with Crippen molar-refractivity contribution >= 4 is 37.5 Å². The molecule has 1 rings (SSSR count). The number of amides is 1. The van der Waals surface area contributed by atoms with Crippen LogP contribution in [0, 0.1) is 5.82 Å². The number of rotatable bonds is 4. The standard InChI is InChI=1S/C11H15BrFN3O3S/c1-15(2)11(17)6-16(3)20(18,19)10-5-9(14)8(13)4-7(10)12/h4-5H,6,14H2,1-3H3. The highest BCUT2D eigenvalue weighted by molar-refractivity contribution is 9.10. The number of halogens is 2. The van der Waals surface area contributed by atoms with Crippen molar-refractivity contribution in [2.24, 2.45) is 0 Å². The van der Waals surface area contributed by atoms with Crippen LogP contribution in [0.3, 0.4) is 0 Å². The maximum atomic E-state index is 13.2. The highest BCUT2D eigenvalue weighted by Gasteiger charge is 2.26. The molecule has 2 N–H and O–H groups in total. The third-order valence-corrected chi connectivity index (χ3v) is 5.36. The van der Waals surface area contributed by atoms with Crippen molar-refractivity contribution in [1.82, 2.24) is 9.21 Å². The highest BCUT2D eigenvalue weighted by atomic mass is 79.9. The van der Waals surface area contributed by atoms with Crippen LogP contribution in [0.1, 0.15) is 0 Å². The topological polar surface area (TPSA) is 83.7 Å². The van der Waals surface area contributed by atoms with E-state index in [1.165, 1.54) is 26.0 Å². The SMILES string of the molecule is CN(C)C(=O)CN(C)S(=O)(=O)c1cc(N)c(F)cc1Br. The second-order valence-corrected chi connectivity index (χ2v) is 7.22. The number of hydrogen-bond donors (Lipinski definition) is 1. The van der Waals surface area contributed by atoms with E-state index in [4.69, 9.17) is 5.73 Å². The van der Waals surface area contributed by atoms with Gasteiger partial charge >= 0.3 is 0 Å². The molecule has 1 aromatic rings. The summed E-state index contributed by atoms with van der Waals surface area (Å²) in [6.45, 7) is -0.320. The molecule has 0 radical (unpaired) electrons. The minimum Gasteiger partial charge on any atom is -0.396 e. The second kappa shape index (κ2) is 6.06. The first-order valence-electron chi connectivity index (χ1n) is 5.48. The highest BCUT2D eigenvalue weighted by Crippen LogP contribution is 2.28. The first kappa shape index (κ1) is 16.9. The monoisotopic (exact) mass is 367 g/mol. The van der Waals surface area contributed by atoms with E-state index in [1.54, 1.807) is 0 Å². The van der Waals surface area contributed by atoms with Crippen LogP contribution in [0.25, 0.3) is 0 Å². The summed E-state index contributed by atoms with van der Waals surface area (Å²) in [6, 6.07) is 2.00. The summed E-state index contributed by atoms with van der Waals surface area (Å²) in [5, 5.41) is 0. The molecule has 0 aromatic heterocycles. The van der Waals surface area contributed by atoms with E-state index in [1.807, 2.05) is 0 Å². The summed E-state index contributed by atoms with van der Waals surface area (Å²) in [5.41, 5.74) is 5.10. The van der Waals surface area contributed by atoms with E-state index in [0.29, 0.717) is 0 Å². The minimum atomic E-state index is -3.95. The Morgan fingerprint density at radius 2 is 1.90 bits per heavy atom. The van der Waals surface area contributed by atoms with Crippen LogP contribution in [-0.2, 0) is 14.8 Å². The number of anilines is 1. The molecule has 0 unspecified atom stereocenters. The number of carbonyl (C=O) groups is 1. The lowest BCUT2D eigenvalue weighted by molar-refractivity contribution is -0.128. The Kier molecular flexibility index (Phi) is 5.11. The lowest BCUT2D eigenvalue weighted by atomic mass is 10.3. The van der Waals surface area contributed by atoms with Crippen LogP contribution < -0.4 is 5.73 Å². The molecule has 0 spiro atoms. The Balaban J connectivity index is 3.17. The van der Waals surface area contributed by atoms with Gasteiger partial charge < -0.3 is 10.6 Å². The number of likely N-dealkylation sites (N-methyl/N-ethyl adjacent to an activating group) is 2. The lowest BCUT2D eigenvalue weighted by Gasteiger charge is -2.20. The fraction of sp³-hybridized carbons (Fsp3) is 0.364. The molecule has 1 amide bonds. The summed E-state index contributed by atoms with van der Waals surface area (Å²) < 4.78 is 38.8. The molecule has 0 aliphatic heterocycles. The van der Waals surface area contributed by atoms with Gasteiger partial charge in [0.2, 0.25) is 15.9 Å². The molecule has 0 fully saturated rings. The van der Waals surface area contributed by atoms with Gasteiger partial charge in [-0.25, -0.2) is 12.8 Å². The summed E-state index contributed by atoms with van der Waals surface area (Å²) in [6.07, 6.45) is 0. The average molecular weight is 368 g/mol. The van der Waals surface area contributed by atoms with Gasteiger partial charge in [-0.15, -0.1) is 0 Å². The van der Waals surface area contributed by atoms with E-state index >= 15 is 0 Å². The van der Waals surface area contributed by atoms with Crippen molar-refractivity contribution in [3.8, 4) is 0 Å². The molecule has 0 saturated carbocycles. The number of nitrogens with zero attached hydrogens (tertiary/aromatic N) is 2. The molecule has 0 saturated heterocycles. The summed E-state index contributed by atoms with van der Waals surface area (Å²) in [4.78, 5) is 12.6. The number of carbonyl (C=O) groups excluding carboxylic acids is 1. The molecular formula is C11H15BrFN3O3S. The molecule has 0 bridgehead atoms. The smallest absolute Gasteiger partial charge is 0.244 e. The summed E-state index contributed by atoms with van der Waals surface area (Å²) in [7, 11) is 0.366. The Hall–Kier alpha value is -1.19. The number of nitrogens with two attached hydrogens (primary N) is 1. The predicted molar refractivity (Wildman–Crippen MR) is 77.0 cm³/mol. The zero-order valence-electron chi connectivity index (χ0n) is 11.2. The number of hydrogen-bond acceptors (Lipinski definition) is 4. The van der Waals surface area contributed by atoms with E-state index in [9.17, 15) is 17.6 Å². The van der Waals surface area contributed by atoms with Gasteiger partial charge in [0.25, 0.3) is 0 Å². The maximum absolute atomic E-state index is 13.2. The van der Waals surface area contributed by atoms with Gasteiger partial charge in [0.05, 0.1) is 17.1 Å². The molecule has 20 heavy (non-hydrogen) atoms. The average Bonchev–Trinajstić information content (AvgIpc) is 2.33. The van der Waals surface area contributed by atoms with Gasteiger partial charge in [-0.05, 0) is 28.1 Å². The van der Waals surface area contributed by atoms with Gasteiger partial charge in [-0.3, -0.25) is 4.79 Å². The first-order chi connectivity index (χ1) is 9.07. The normalized spacial score (nSPS) is 11.7. The van der Waals surface area contributed by atoms with Crippen LogP contribution >= 0.6 is 15.9 Å². The molecule has 0 heterocycles.